The molecular formula is C27H32N6OS. The lowest BCUT2D eigenvalue weighted by Gasteiger charge is -2.40. The fourth-order valence-corrected chi connectivity index (χ4v) is 6.99. The Labute approximate surface area is 210 Å². The van der Waals surface area contributed by atoms with Crippen molar-refractivity contribution in [2.45, 2.75) is 69.1 Å². The molecule has 6 rings (SSSR count). The number of aromatic amines is 1. The average molecular weight is 489 g/mol. The third-order valence-electron chi connectivity index (χ3n) is 7.82. The van der Waals surface area contributed by atoms with Crippen molar-refractivity contribution < 1.29 is 5.11 Å². The molecule has 1 saturated carbocycles. The van der Waals surface area contributed by atoms with Gasteiger partial charge in [-0.2, -0.15) is 0 Å². The first kappa shape index (κ1) is 22.7. The van der Waals surface area contributed by atoms with Gasteiger partial charge in [-0.15, -0.1) is 0 Å². The van der Waals surface area contributed by atoms with Crippen molar-refractivity contribution in [2.24, 2.45) is 21.8 Å². The highest BCUT2D eigenvalue weighted by Gasteiger charge is 2.33. The molecular weight excluding hydrogens is 456 g/mol. The van der Waals surface area contributed by atoms with Crippen LogP contribution in [0.15, 0.2) is 50.0 Å². The van der Waals surface area contributed by atoms with E-state index in [1.165, 1.54) is 43.9 Å². The summed E-state index contributed by atoms with van der Waals surface area (Å²) in [7, 11) is 0. The molecule has 182 valence electrons. The molecule has 2 aliphatic carbocycles. The van der Waals surface area contributed by atoms with Crippen molar-refractivity contribution in [3.05, 3.63) is 46.3 Å². The van der Waals surface area contributed by atoms with Crippen LogP contribution in [0.2, 0.25) is 0 Å². The molecule has 4 heterocycles. The summed E-state index contributed by atoms with van der Waals surface area (Å²) in [6, 6.07) is 0.582. The summed E-state index contributed by atoms with van der Waals surface area (Å²) in [6.45, 7) is 7.39. The Balaban J connectivity index is 1.31. The number of aliphatic imine (C=N–C) groups is 2. The van der Waals surface area contributed by atoms with Gasteiger partial charge in [-0.1, -0.05) is 13.5 Å². The fraction of sp³-hybridized carbons (Fsp3) is 0.481. The molecule has 0 radical (unpaired) electrons. The maximum atomic E-state index is 11.0. The van der Waals surface area contributed by atoms with Gasteiger partial charge in [0, 0.05) is 23.4 Å². The van der Waals surface area contributed by atoms with E-state index in [4.69, 9.17) is 9.97 Å². The summed E-state index contributed by atoms with van der Waals surface area (Å²) in [5.41, 5.74) is 4.32. The second-order valence-corrected chi connectivity index (χ2v) is 11.1. The van der Waals surface area contributed by atoms with E-state index >= 15 is 0 Å². The van der Waals surface area contributed by atoms with Gasteiger partial charge in [0.25, 0.3) is 0 Å². The predicted molar refractivity (Wildman–Crippen MR) is 142 cm³/mol. The van der Waals surface area contributed by atoms with Crippen LogP contribution in [0, 0.1) is 11.8 Å². The van der Waals surface area contributed by atoms with Crippen LogP contribution < -0.4 is 5.32 Å². The third-order valence-corrected chi connectivity index (χ3v) is 8.66. The minimum atomic E-state index is -0.0971. The minimum Gasteiger partial charge on any atom is -0.505 e. The zero-order valence-corrected chi connectivity index (χ0v) is 20.9. The van der Waals surface area contributed by atoms with Crippen LogP contribution in [0.5, 0.6) is 5.75 Å². The van der Waals surface area contributed by atoms with Crippen LogP contribution in [0.25, 0.3) is 11.0 Å². The molecule has 3 N–H and O–H groups in total. The Bertz CT molecular complexity index is 1290. The summed E-state index contributed by atoms with van der Waals surface area (Å²) in [4.78, 5) is 23.1. The smallest absolute Gasteiger partial charge is 0.194 e. The molecule has 35 heavy (non-hydrogen) atoms. The standard InChI is InChI=1S/C27H32N6OS/c1-3-19-25(34)23-21(13-16-6-7-20-17(12-16)5-4-8-28-20)32-27(33-26(23)31-19)35-18-11-15(2)24-22(14-18)29-9-10-30-24/h9-11,14,16-17,20,24,28,34H,2-8,12-13H2,1H3,(H,31,32,33). The van der Waals surface area contributed by atoms with Crippen molar-refractivity contribution in [3.63, 3.8) is 0 Å². The lowest BCUT2D eigenvalue weighted by atomic mass is 9.73. The molecule has 2 aliphatic heterocycles. The summed E-state index contributed by atoms with van der Waals surface area (Å²) in [5.74, 6) is 1.65. The maximum absolute atomic E-state index is 11.0. The van der Waals surface area contributed by atoms with Gasteiger partial charge in [-0.25, -0.2) is 9.97 Å². The number of aromatic nitrogens is 3. The second kappa shape index (κ2) is 9.39. The van der Waals surface area contributed by atoms with Crippen LogP contribution in [0.3, 0.4) is 0 Å². The number of hydrogen-bond acceptors (Lipinski definition) is 7. The molecule has 4 unspecified atom stereocenters. The molecule has 7 nitrogen and oxygen atoms in total. The lowest BCUT2D eigenvalue weighted by molar-refractivity contribution is 0.164. The van der Waals surface area contributed by atoms with Gasteiger partial charge in [0.1, 0.15) is 17.4 Å². The highest BCUT2D eigenvalue weighted by molar-refractivity contribution is 8.03. The number of nitrogens with zero attached hydrogens (tertiary/aromatic N) is 4. The first-order chi connectivity index (χ1) is 17.1. The first-order valence-electron chi connectivity index (χ1n) is 12.8. The highest BCUT2D eigenvalue weighted by atomic mass is 32.2. The number of fused-ring (bicyclic) bond motifs is 3. The Morgan fingerprint density at radius 1 is 1.17 bits per heavy atom. The van der Waals surface area contributed by atoms with E-state index in [0.717, 1.165) is 63.9 Å². The molecule has 0 bridgehead atoms. The van der Waals surface area contributed by atoms with Crippen LogP contribution in [0.4, 0.5) is 0 Å². The third kappa shape index (κ3) is 4.38. The van der Waals surface area contributed by atoms with E-state index in [0.29, 0.717) is 22.9 Å². The first-order valence-corrected chi connectivity index (χ1v) is 13.6. The van der Waals surface area contributed by atoms with Gasteiger partial charge in [0.2, 0.25) is 0 Å². The van der Waals surface area contributed by atoms with Gasteiger partial charge < -0.3 is 15.4 Å². The molecule has 0 spiro atoms. The van der Waals surface area contributed by atoms with Crippen molar-refractivity contribution in [1.82, 2.24) is 20.3 Å². The lowest BCUT2D eigenvalue weighted by Crippen LogP contribution is -2.45. The molecule has 1 saturated heterocycles. The number of hydrogen-bond donors (Lipinski definition) is 3. The molecule has 2 fully saturated rings. The van der Waals surface area contributed by atoms with E-state index < -0.39 is 0 Å². The summed E-state index contributed by atoms with van der Waals surface area (Å²) >= 11 is 1.52. The predicted octanol–water partition coefficient (Wildman–Crippen LogP) is 4.89. The summed E-state index contributed by atoms with van der Waals surface area (Å²) in [6.07, 6.45) is 15.4. The number of thioether (sulfide) groups is 1. The zero-order chi connectivity index (χ0) is 23.9. The van der Waals surface area contributed by atoms with Crippen LogP contribution in [-0.2, 0) is 12.8 Å². The normalized spacial score (nSPS) is 28.0. The van der Waals surface area contributed by atoms with Crippen molar-refractivity contribution in [3.8, 4) is 5.75 Å². The maximum Gasteiger partial charge on any atom is 0.194 e. The topological polar surface area (TPSA) is 98.6 Å². The zero-order valence-electron chi connectivity index (χ0n) is 20.1. The van der Waals surface area contributed by atoms with Crippen LogP contribution in [-0.4, -0.2) is 51.1 Å². The minimum absolute atomic E-state index is 0.0971. The van der Waals surface area contributed by atoms with Gasteiger partial charge in [0.05, 0.1) is 22.5 Å². The molecule has 0 aromatic carbocycles. The number of aryl methyl sites for hydroxylation is 1. The Hall–Kier alpha value is -2.71. The van der Waals surface area contributed by atoms with E-state index in [1.807, 2.05) is 19.1 Å². The summed E-state index contributed by atoms with van der Waals surface area (Å²) < 4.78 is 0. The van der Waals surface area contributed by atoms with Crippen LogP contribution >= 0.6 is 11.8 Å². The number of nitrogens with one attached hydrogen (secondary N) is 2. The van der Waals surface area contributed by atoms with Gasteiger partial charge >= 0.3 is 0 Å². The van der Waals surface area contributed by atoms with Crippen LogP contribution in [0.1, 0.15) is 50.4 Å². The Kier molecular flexibility index (Phi) is 6.10. The van der Waals surface area contributed by atoms with E-state index in [9.17, 15) is 5.11 Å². The Morgan fingerprint density at radius 2 is 2.09 bits per heavy atom. The van der Waals surface area contributed by atoms with E-state index in [-0.39, 0.29) is 6.04 Å². The average Bonchev–Trinajstić information content (AvgIpc) is 3.19. The molecule has 2 aromatic heterocycles. The Morgan fingerprint density at radius 3 is 2.97 bits per heavy atom. The van der Waals surface area contributed by atoms with Crippen molar-refractivity contribution in [1.29, 1.82) is 0 Å². The molecule has 4 aliphatic rings. The number of piperidine rings is 1. The SMILES string of the molecule is C=C1C=C(Sc2nc(CC3CCC4NCCCC4C3)c3c(O)c(CC)[nH]c3n2)C=C2N=CC=NC12. The fourth-order valence-electron chi connectivity index (χ4n) is 6.09. The highest BCUT2D eigenvalue weighted by Crippen LogP contribution is 2.40. The van der Waals surface area contributed by atoms with Crippen molar-refractivity contribution >= 4 is 35.2 Å². The van der Waals surface area contributed by atoms with Crippen molar-refractivity contribution in [2.75, 3.05) is 6.54 Å². The molecule has 0 amide bonds. The number of aromatic hydroxyl groups is 1. The second-order valence-electron chi connectivity index (χ2n) is 10.1. The molecule has 2 aromatic rings. The van der Waals surface area contributed by atoms with E-state index in [2.05, 4.69) is 26.9 Å². The number of rotatable bonds is 5. The molecule has 8 heteroatoms. The van der Waals surface area contributed by atoms with Gasteiger partial charge in [-0.3, -0.25) is 9.98 Å². The monoisotopic (exact) mass is 488 g/mol. The van der Waals surface area contributed by atoms with E-state index in [1.54, 1.807) is 12.4 Å². The summed E-state index contributed by atoms with van der Waals surface area (Å²) in [5, 5.41) is 16.2. The van der Waals surface area contributed by atoms with Gasteiger partial charge in [-0.05, 0) is 92.8 Å². The number of H-pyrrole nitrogens is 1. The largest absolute Gasteiger partial charge is 0.505 e. The quantitative estimate of drug-likeness (QED) is 0.521. The van der Waals surface area contributed by atoms with Gasteiger partial charge in [0.15, 0.2) is 5.16 Å². The molecule has 4 atom stereocenters. The number of allylic oxidation sites excluding steroid dienone is 1.